The largest absolute Gasteiger partial charge is 0.470 e. The van der Waals surface area contributed by atoms with Crippen LogP contribution >= 0.6 is 0 Å². The molecule has 0 aliphatic rings. The second-order valence-electron chi connectivity index (χ2n) is 5.36. The van der Waals surface area contributed by atoms with E-state index in [0.717, 1.165) is 25.3 Å². The van der Waals surface area contributed by atoms with Crippen LogP contribution in [0.25, 0.3) is 0 Å². The first-order valence-electron chi connectivity index (χ1n) is 6.58. The van der Waals surface area contributed by atoms with Crippen LogP contribution < -0.4 is 15.4 Å². The molecule has 2 N–H and O–H groups in total. The smallest absolute Gasteiger partial charge is 0.239 e. The second kappa shape index (κ2) is 5.94. The normalized spacial score (nSPS) is 11.4. The first-order valence-corrected chi connectivity index (χ1v) is 6.58. The van der Waals surface area contributed by atoms with E-state index in [1.165, 1.54) is 0 Å². The van der Waals surface area contributed by atoms with E-state index in [1.807, 2.05) is 32.9 Å². The Labute approximate surface area is 110 Å². The maximum absolute atomic E-state index is 5.91. The van der Waals surface area contributed by atoms with Gasteiger partial charge in [-0.05, 0) is 46.2 Å². The zero-order chi connectivity index (χ0) is 13.8. The first-order chi connectivity index (χ1) is 8.37. The van der Waals surface area contributed by atoms with Crippen molar-refractivity contribution in [1.29, 1.82) is 0 Å². The number of anilines is 2. The third kappa shape index (κ3) is 4.09. The van der Waals surface area contributed by atoms with Gasteiger partial charge in [0.25, 0.3) is 0 Å². The number of ether oxygens (including phenoxy) is 1. The van der Waals surface area contributed by atoms with Crippen molar-refractivity contribution in [3.05, 3.63) is 12.1 Å². The van der Waals surface area contributed by atoms with E-state index in [1.54, 1.807) is 0 Å². The molecule has 0 saturated carbocycles. The summed E-state index contributed by atoms with van der Waals surface area (Å²) in [6.07, 6.45) is 1.09. The summed E-state index contributed by atoms with van der Waals surface area (Å²) in [4.78, 5) is 6.74. The van der Waals surface area contributed by atoms with E-state index in [9.17, 15) is 0 Å². The molecule has 0 atom stereocenters. The van der Waals surface area contributed by atoms with Crippen LogP contribution in [-0.2, 0) is 0 Å². The molecule has 0 aromatic carbocycles. The number of nitrogen functional groups attached to an aromatic ring is 1. The topological polar surface area (TPSA) is 51.4 Å². The predicted octanol–water partition coefficient (Wildman–Crippen LogP) is 3.08. The van der Waals surface area contributed by atoms with E-state index < -0.39 is 0 Å². The standard InChI is InChI=1S/C14H25N3O/c1-6-10-17(7-2)12-9-8-11(15)13(16-12)18-14(3,4)5/h8-9H,6-7,10,15H2,1-5H3. The van der Waals surface area contributed by atoms with Crippen LogP contribution in [0.3, 0.4) is 0 Å². The lowest BCUT2D eigenvalue weighted by Gasteiger charge is -2.25. The Hall–Kier alpha value is -1.45. The third-order valence-electron chi connectivity index (χ3n) is 2.48. The van der Waals surface area contributed by atoms with Crippen molar-refractivity contribution in [2.75, 3.05) is 23.7 Å². The highest BCUT2D eigenvalue weighted by Gasteiger charge is 2.16. The molecule has 0 fully saturated rings. The van der Waals surface area contributed by atoms with Gasteiger partial charge in [0, 0.05) is 13.1 Å². The van der Waals surface area contributed by atoms with Gasteiger partial charge >= 0.3 is 0 Å². The van der Waals surface area contributed by atoms with E-state index in [2.05, 4.69) is 23.7 Å². The quantitative estimate of drug-likeness (QED) is 0.873. The summed E-state index contributed by atoms with van der Waals surface area (Å²) < 4.78 is 5.78. The maximum atomic E-state index is 5.91. The Morgan fingerprint density at radius 3 is 2.44 bits per heavy atom. The molecule has 0 aliphatic carbocycles. The van der Waals surface area contributed by atoms with E-state index >= 15 is 0 Å². The fraction of sp³-hybridized carbons (Fsp3) is 0.643. The molecule has 0 saturated heterocycles. The molecule has 0 radical (unpaired) electrons. The molecule has 18 heavy (non-hydrogen) atoms. The molecule has 1 heterocycles. The van der Waals surface area contributed by atoms with Crippen LogP contribution in [0.5, 0.6) is 5.88 Å². The molecule has 1 aromatic rings. The number of pyridine rings is 1. The minimum atomic E-state index is -0.290. The summed E-state index contributed by atoms with van der Waals surface area (Å²) in [5.41, 5.74) is 6.20. The van der Waals surface area contributed by atoms with Gasteiger partial charge in [-0.3, -0.25) is 0 Å². The molecule has 0 bridgehead atoms. The minimum Gasteiger partial charge on any atom is -0.470 e. The van der Waals surface area contributed by atoms with Crippen molar-refractivity contribution in [2.24, 2.45) is 0 Å². The summed E-state index contributed by atoms with van der Waals surface area (Å²) in [5, 5.41) is 0. The van der Waals surface area contributed by atoms with Gasteiger partial charge in [-0.2, -0.15) is 4.98 Å². The molecule has 4 heteroatoms. The van der Waals surface area contributed by atoms with Gasteiger partial charge in [-0.25, -0.2) is 0 Å². The monoisotopic (exact) mass is 251 g/mol. The highest BCUT2D eigenvalue weighted by atomic mass is 16.5. The highest BCUT2D eigenvalue weighted by molar-refractivity contribution is 5.54. The summed E-state index contributed by atoms with van der Waals surface area (Å²) in [7, 11) is 0. The molecule has 102 valence electrons. The molecule has 0 spiro atoms. The van der Waals surface area contributed by atoms with E-state index in [-0.39, 0.29) is 5.60 Å². The number of nitrogens with two attached hydrogens (primary N) is 1. The fourth-order valence-electron chi connectivity index (χ4n) is 1.69. The van der Waals surface area contributed by atoms with Gasteiger partial charge in [-0.15, -0.1) is 0 Å². The predicted molar refractivity (Wildman–Crippen MR) is 77.2 cm³/mol. The van der Waals surface area contributed by atoms with Crippen LogP contribution in [0.2, 0.25) is 0 Å². The number of nitrogens with zero attached hydrogens (tertiary/aromatic N) is 2. The van der Waals surface area contributed by atoms with E-state index in [4.69, 9.17) is 10.5 Å². The molecule has 4 nitrogen and oxygen atoms in total. The second-order valence-corrected chi connectivity index (χ2v) is 5.36. The Morgan fingerprint density at radius 2 is 1.94 bits per heavy atom. The summed E-state index contributed by atoms with van der Waals surface area (Å²) >= 11 is 0. The molecule has 1 rings (SSSR count). The Kier molecular flexibility index (Phi) is 4.82. The lowest BCUT2D eigenvalue weighted by atomic mass is 10.2. The molecular weight excluding hydrogens is 226 g/mol. The lowest BCUT2D eigenvalue weighted by molar-refractivity contribution is 0.125. The van der Waals surface area contributed by atoms with Crippen LogP contribution in [0.4, 0.5) is 11.5 Å². The van der Waals surface area contributed by atoms with Gasteiger partial charge in [0.1, 0.15) is 11.4 Å². The molecule has 1 aromatic heterocycles. The zero-order valence-electron chi connectivity index (χ0n) is 12.2. The van der Waals surface area contributed by atoms with Gasteiger partial charge in [0.05, 0.1) is 5.69 Å². The van der Waals surface area contributed by atoms with Crippen molar-refractivity contribution in [3.8, 4) is 5.88 Å². The number of hydrogen-bond acceptors (Lipinski definition) is 4. The van der Waals surface area contributed by atoms with Crippen molar-refractivity contribution in [3.63, 3.8) is 0 Å². The summed E-state index contributed by atoms with van der Waals surface area (Å²) in [5.74, 6) is 1.45. The van der Waals surface area contributed by atoms with Crippen molar-refractivity contribution in [1.82, 2.24) is 4.98 Å². The lowest BCUT2D eigenvalue weighted by Crippen LogP contribution is -2.27. The third-order valence-corrected chi connectivity index (χ3v) is 2.48. The average Bonchev–Trinajstić information content (AvgIpc) is 2.27. The summed E-state index contributed by atoms with van der Waals surface area (Å²) in [6.45, 7) is 12.2. The first kappa shape index (κ1) is 14.6. The zero-order valence-corrected chi connectivity index (χ0v) is 12.2. The van der Waals surface area contributed by atoms with Crippen LogP contribution in [0.1, 0.15) is 41.0 Å². The molecular formula is C14H25N3O. The number of aromatic nitrogens is 1. The van der Waals surface area contributed by atoms with Crippen LogP contribution in [0.15, 0.2) is 12.1 Å². The summed E-state index contributed by atoms with van der Waals surface area (Å²) in [6, 6.07) is 3.81. The average molecular weight is 251 g/mol. The van der Waals surface area contributed by atoms with Gasteiger partial charge in [-0.1, -0.05) is 6.92 Å². The minimum absolute atomic E-state index is 0.290. The molecule has 0 amide bonds. The van der Waals surface area contributed by atoms with Crippen molar-refractivity contribution < 1.29 is 4.74 Å². The fourth-order valence-corrected chi connectivity index (χ4v) is 1.69. The Morgan fingerprint density at radius 1 is 1.28 bits per heavy atom. The van der Waals surface area contributed by atoms with Crippen molar-refractivity contribution in [2.45, 2.75) is 46.6 Å². The van der Waals surface area contributed by atoms with Gasteiger partial charge in [0.15, 0.2) is 0 Å². The maximum Gasteiger partial charge on any atom is 0.239 e. The highest BCUT2D eigenvalue weighted by Crippen LogP contribution is 2.26. The number of rotatable bonds is 5. The van der Waals surface area contributed by atoms with Crippen molar-refractivity contribution >= 4 is 11.5 Å². The Bertz CT molecular complexity index is 385. The molecule has 0 aliphatic heterocycles. The van der Waals surface area contributed by atoms with Crippen LogP contribution in [-0.4, -0.2) is 23.7 Å². The van der Waals surface area contributed by atoms with Crippen LogP contribution in [0, 0.1) is 0 Å². The molecule has 0 unspecified atom stereocenters. The van der Waals surface area contributed by atoms with Gasteiger partial charge < -0.3 is 15.4 Å². The SMILES string of the molecule is CCCN(CC)c1ccc(N)c(OC(C)(C)C)n1. The Balaban J connectivity index is 2.99. The number of hydrogen-bond donors (Lipinski definition) is 1. The van der Waals surface area contributed by atoms with E-state index in [0.29, 0.717) is 11.6 Å². The van der Waals surface area contributed by atoms with Gasteiger partial charge in [0.2, 0.25) is 5.88 Å².